The molecule has 0 unspecified atom stereocenters. The number of nitro groups is 1. The van der Waals surface area contributed by atoms with E-state index in [-0.39, 0.29) is 22.9 Å². The number of esters is 1. The number of rotatable bonds is 5. The van der Waals surface area contributed by atoms with Crippen LogP contribution in [0.5, 0.6) is 5.75 Å². The largest absolute Gasteiger partial charge is 0.423 e. The molecule has 8 nitrogen and oxygen atoms in total. The fourth-order valence-electron chi connectivity index (χ4n) is 2.00. The van der Waals surface area contributed by atoms with Crippen LogP contribution in [0.15, 0.2) is 42.5 Å². The van der Waals surface area contributed by atoms with Crippen molar-refractivity contribution in [3.63, 3.8) is 0 Å². The summed E-state index contributed by atoms with van der Waals surface area (Å²) in [6.07, 6.45) is 0. The molecule has 0 atom stereocenters. The van der Waals surface area contributed by atoms with E-state index >= 15 is 0 Å². The van der Waals surface area contributed by atoms with Gasteiger partial charge in [-0.05, 0) is 36.4 Å². The molecule has 0 aromatic heterocycles. The third-order valence-corrected chi connectivity index (χ3v) is 3.08. The van der Waals surface area contributed by atoms with Gasteiger partial charge >= 0.3 is 5.97 Å². The highest BCUT2D eigenvalue weighted by Crippen LogP contribution is 2.26. The van der Waals surface area contributed by atoms with E-state index in [0.717, 1.165) is 6.07 Å². The number of amides is 1. The van der Waals surface area contributed by atoms with Crippen LogP contribution in [-0.2, 0) is 4.79 Å². The van der Waals surface area contributed by atoms with Crippen molar-refractivity contribution in [3.05, 3.63) is 58.1 Å². The Labute approximate surface area is 137 Å². The lowest BCUT2D eigenvalue weighted by atomic mass is 10.1. The van der Waals surface area contributed by atoms with Crippen LogP contribution in [0.2, 0.25) is 0 Å². The minimum Gasteiger partial charge on any atom is -0.423 e. The van der Waals surface area contributed by atoms with Gasteiger partial charge in [0.25, 0.3) is 5.69 Å². The average molecular weight is 329 g/mol. The van der Waals surface area contributed by atoms with Gasteiger partial charge in [0.15, 0.2) is 0 Å². The Kier molecular flexibility index (Phi) is 5.10. The Balaban J connectivity index is 2.16. The maximum absolute atomic E-state index is 12.1. The summed E-state index contributed by atoms with van der Waals surface area (Å²) in [5.74, 6) is -0.667. The lowest BCUT2D eigenvalue weighted by Crippen LogP contribution is -2.10. The van der Waals surface area contributed by atoms with Gasteiger partial charge in [-0.1, -0.05) is 0 Å². The van der Waals surface area contributed by atoms with E-state index < -0.39 is 10.9 Å². The number of nitro benzene ring substituents is 1. The minimum absolute atomic E-state index is 0.0617. The van der Waals surface area contributed by atoms with Crippen molar-refractivity contribution in [3.8, 4) is 5.75 Å². The molecule has 2 aromatic rings. The van der Waals surface area contributed by atoms with Gasteiger partial charge in [0.1, 0.15) is 11.4 Å². The first kappa shape index (κ1) is 16.9. The van der Waals surface area contributed by atoms with Gasteiger partial charge in [-0.3, -0.25) is 14.9 Å². The topological polar surface area (TPSA) is 111 Å². The molecule has 1 amide bonds. The number of nitrogens with one attached hydrogen (secondary N) is 2. The van der Waals surface area contributed by atoms with E-state index in [1.165, 1.54) is 31.2 Å². The molecule has 2 rings (SSSR count). The molecule has 0 radical (unpaired) electrons. The van der Waals surface area contributed by atoms with E-state index in [9.17, 15) is 19.7 Å². The summed E-state index contributed by atoms with van der Waals surface area (Å²) < 4.78 is 5.17. The first-order valence-electron chi connectivity index (χ1n) is 6.96. The summed E-state index contributed by atoms with van der Waals surface area (Å²) in [6.45, 7) is 1.38. The van der Waals surface area contributed by atoms with Crippen LogP contribution < -0.4 is 15.4 Å². The zero-order chi connectivity index (χ0) is 17.7. The Morgan fingerprint density at radius 2 is 1.79 bits per heavy atom. The van der Waals surface area contributed by atoms with Crippen molar-refractivity contribution in [1.29, 1.82) is 0 Å². The molecule has 0 heterocycles. The number of carbonyl (C=O) groups excluding carboxylic acids is 2. The Hall–Kier alpha value is -3.42. The molecule has 0 aliphatic heterocycles. The summed E-state index contributed by atoms with van der Waals surface area (Å²) in [4.78, 5) is 33.5. The van der Waals surface area contributed by atoms with Crippen LogP contribution in [0.3, 0.4) is 0 Å². The first-order chi connectivity index (χ1) is 11.4. The Morgan fingerprint density at radius 1 is 1.12 bits per heavy atom. The molecule has 0 fully saturated rings. The third kappa shape index (κ3) is 4.07. The van der Waals surface area contributed by atoms with E-state index in [1.807, 2.05) is 0 Å². The summed E-state index contributed by atoms with van der Waals surface area (Å²) in [6, 6.07) is 10.2. The Bertz CT molecular complexity index is 787. The van der Waals surface area contributed by atoms with Gasteiger partial charge in [-0.15, -0.1) is 0 Å². The fraction of sp³-hybridized carbons (Fsp3) is 0.125. The maximum atomic E-state index is 12.1. The van der Waals surface area contributed by atoms with Gasteiger partial charge in [-0.2, -0.15) is 0 Å². The number of ether oxygens (including phenoxy) is 1. The van der Waals surface area contributed by atoms with Crippen molar-refractivity contribution in [2.24, 2.45) is 0 Å². The molecule has 0 aliphatic carbocycles. The molecule has 0 bridgehead atoms. The normalized spacial score (nSPS) is 9.92. The highest BCUT2D eigenvalue weighted by atomic mass is 16.6. The summed E-state index contributed by atoms with van der Waals surface area (Å²) in [5.41, 5.74) is 0.715. The average Bonchev–Trinajstić information content (AvgIpc) is 2.55. The minimum atomic E-state index is -0.715. The number of nitrogens with zero attached hydrogens (tertiary/aromatic N) is 1. The van der Waals surface area contributed by atoms with Crippen molar-refractivity contribution >= 4 is 28.9 Å². The second kappa shape index (κ2) is 7.23. The summed E-state index contributed by atoms with van der Waals surface area (Å²) in [5, 5.41) is 16.3. The van der Waals surface area contributed by atoms with Crippen LogP contribution in [-0.4, -0.2) is 23.8 Å². The molecular formula is C16H15N3O5. The fourth-order valence-corrected chi connectivity index (χ4v) is 2.00. The number of benzene rings is 2. The number of anilines is 2. The molecule has 2 aromatic carbocycles. The van der Waals surface area contributed by atoms with Gasteiger partial charge < -0.3 is 15.4 Å². The van der Waals surface area contributed by atoms with Crippen LogP contribution in [0.25, 0.3) is 0 Å². The van der Waals surface area contributed by atoms with Gasteiger partial charge in [-0.25, -0.2) is 4.79 Å². The number of hydrogen-bond acceptors (Lipinski definition) is 6. The molecule has 0 saturated heterocycles. The maximum Gasteiger partial charge on any atom is 0.343 e. The lowest BCUT2D eigenvalue weighted by molar-refractivity contribution is -0.384. The summed E-state index contributed by atoms with van der Waals surface area (Å²) in [7, 11) is 1.55. The van der Waals surface area contributed by atoms with Crippen LogP contribution in [0, 0.1) is 10.1 Å². The van der Waals surface area contributed by atoms with Crippen LogP contribution in [0.4, 0.5) is 17.1 Å². The molecule has 24 heavy (non-hydrogen) atoms. The van der Waals surface area contributed by atoms with Gasteiger partial charge in [0.2, 0.25) is 5.91 Å². The molecule has 0 saturated carbocycles. The van der Waals surface area contributed by atoms with E-state index in [2.05, 4.69) is 10.6 Å². The monoisotopic (exact) mass is 329 g/mol. The van der Waals surface area contributed by atoms with Crippen LogP contribution >= 0.6 is 0 Å². The molecule has 8 heteroatoms. The van der Waals surface area contributed by atoms with Crippen molar-refractivity contribution in [2.45, 2.75) is 6.92 Å². The highest BCUT2D eigenvalue weighted by Gasteiger charge is 2.18. The van der Waals surface area contributed by atoms with Crippen molar-refractivity contribution in [2.75, 3.05) is 17.7 Å². The zero-order valence-electron chi connectivity index (χ0n) is 13.0. The van der Waals surface area contributed by atoms with Gasteiger partial charge in [0.05, 0.1) is 10.5 Å². The molecule has 0 spiro atoms. The molecule has 0 aliphatic rings. The predicted octanol–water partition coefficient (Wildman–Crippen LogP) is 2.81. The lowest BCUT2D eigenvalue weighted by Gasteiger charge is -2.07. The van der Waals surface area contributed by atoms with Crippen molar-refractivity contribution in [1.82, 2.24) is 0 Å². The SMILES string of the molecule is CNc1ccc(C(=O)Oc2ccc(NC(C)=O)cc2)cc1[N+](=O)[O-]. The van der Waals surface area contributed by atoms with Crippen molar-refractivity contribution < 1.29 is 19.2 Å². The van der Waals surface area contributed by atoms with Gasteiger partial charge in [0, 0.05) is 25.7 Å². The van der Waals surface area contributed by atoms with E-state index in [0.29, 0.717) is 11.4 Å². The highest BCUT2D eigenvalue weighted by molar-refractivity contribution is 5.93. The standard InChI is InChI=1S/C16H15N3O5/c1-10(20)18-12-4-6-13(7-5-12)24-16(21)11-3-8-14(17-2)15(9-11)19(22)23/h3-9,17H,1-2H3,(H,18,20). The predicted molar refractivity (Wildman–Crippen MR) is 88.3 cm³/mol. The van der Waals surface area contributed by atoms with Crippen LogP contribution in [0.1, 0.15) is 17.3 Å². The van der Waals surface area contributed by atoms with E-state index in [4.69, 9.17) is 4.74 Å². The second-order valence-corrected chi connectivity index (χ2v) is 4.83. The zero-order valence-corrected chi connectivity index (χ0v) is 13.0. The molecule has 124 valence electrons. The summed E-state index contributed by atoms with van der Waals surface area (Å²) >= 11 is 0. The Morgan fingerprint density at radius 3 is 2.33 bits per heavy atom. The first-order valence-corrected chi connectivity index (χ1v) is 6.96. The van der Waals surface area contributed by atoms with E-state index in [1.54, 1.807) is 19.2 Å². The number of hydrogen-bond donors (Lipinski definition) is 2. The molecule has 2 N–H and O–H groups in total. The third-order valence-electron chi connectivity index (χ3n) is 3.08. The molecular weight excluding hydrogens is 314 g/mol. The second-order valence-electron chi connectivity index (χ2n) is 4.83. The number of carbonyl (C=O) groups is 2. The smallest absolute Gasteiger partial charge is 0.343 e. The quantitative estimate of drug-likeness (QED) is 0.378.